The fraction of sp³-hybridized carbons (Fsp3) is 0.296. The summed E-state index contributed by atoms with van der Waals surface area (Å²) < 4.78 is 34.2. The third-order valence-corrected chi connectivity index (χ3v) is 8.30. The highest BCUT2D eigenvalue weighted by Gasteiger charge is 2.27. The van der Waals surface area contributed by atoms with Crippen molar-refractivity contribution in [2.45, 2.75) is 24.9 Å². The van der Waals surface area contributed by atoms with Gasteiger partial charge in [0.15, 0.2) is 0 Å². The number of carbonyl (C=O) groups is 1. The van der Waals surface area contributed by atoms with Gasteiger partial charge in [0.2, 0.25) is 5.91 Å². The maximum atomic E-state index is 13.5. The largest absolute Gasteiger partial charge is 0.379 e. The molecule has 1 N–H and O–H groups in total. The van der Waals surface area contributed by atoms with Gasteiger partial charge in [-0.2, -0.15) is 0 Å². The van der Waals surface area contributed by atoms with E-state index in [0.717, 1.165) is 52.8 Å². The van der Waals surface area contributed by atoms with E-state index in [1.54, 1.807) is 42.5 Å². The van der Waals surface area contributed by atoms with E-state index in [1.165, 1.54) is 5.56 Å². The molecular weight excluding hydrogens is 542 g/mol. The zero-order valence-corrected chi connectivity index (χ0v) is 22.6. The predicted octanol–water partition coefficient (Wildman–Crippen LogP) is 4.10. The molecule has 1 aliphatic rings. The summed E-state index contributed by atoms with van der Waals surface area (Å²) in [5.74, 6) is -0.386. The Morgan fingerprint density at radius 3 is 2.33 bits per heavy atom. The van der Waals surface area contributed by atoms with Gasteiger partial charge in [-0.05, 0) is 48.4 Å². The lowest BCUT2D eigenvalue weighted by Gasteiger charge is -2.26. The second-order valence-electron chi connectivity index (χ2n) is 8.79. The molecule has 0 aliphatic carbocycles. The predicted molar refractivity (Wildman–Crippen MR) is 144 cm³/mol. The van der Waals surface area contributed by atoms with Crippen LogP contribution in [0.25, 0.3) is 0 Å². The van der Waals surface area contributed by atoms with Crippen LogP contribution in [-0.4, -0.2) is 52.1 Å². The first-order valence-corrected chi connectivity index (χ1v) is 14.0. The van der Waals surface area contributed by atoms with Crippen molar-refractivity contribution in [3.8, 4) is 0 Å². The van der Waals surface area contributed by atoms with Crippen LogP contribution in [0.4, 0.5) is 5.69 Å². The number of rotatable bonds is 9. The molecule has 9 heteroatoms. The molecule has 3 aromatic carbocycles. The van der Waals surface area contributed by atoms with Gasteiger partial charge in [-0.3, -0.25) is 14.0 Å². The molecule has 7 nitrogen and oxygen atoms in total. The Balaban J connectivity index is 1.43. The number of carbonyl (C=O) groups excluding carboxylic acids is 1. The first-order chi connectivity index (χ1) is 17.3. The summed E-state index contributed by atoms with van der Waals surface area (Å²) in [5.41, 5.74) is 3.52. The van der Waals surface area contributed by atoms with Crippen LogP contribution in [-0.2, 0) is 32.6 Å². The molecule has 0 radical (unpaired) electrons. The van der Waals surface area contributed by atoms with E-state index in [-0.39, 0.29) is 17.3 Å². The first-order valence-electron chi connectivity index (χ1n) is 11.8. The van der Waals surface area contributed by atoms with Gasteiger partial charge in [-0.15, -0.1) is 0 Å². The number of benzene rings is 3. The lowest BCUT2D eigenvalue weighted by atomic mass is 10.1. The van der Waals surface area contributed by atoms with E-state index >= 15 is 0 Å². The zero-order valence-electron chi connectivity index (χ0n) is 20.2. The molecular formula is C27H30BrN3O4S. The normalized spacial score (nSPS) is 14.4. The average Bonchev–Trinajstić information content (AvgIpc) is 2.87. The number of halogens is 1. The van der Waals surface area contributed by atoms with E-state index in [4.69, 9.17) is 4.74 Å². The Bertz CT molecular complexity index is 1280. The van der Waals surface area contributed by atoms with Crippen molar-refractivity contribution < 1.29 is 17.9 Å². The summed E-state index contributed by atoms with van der Waals surface area (Å²) in [6, 6.07) is 21.6. The Hall–Kier alpha value is -2.72. The quantitative estimate of drug-likeness (QED) is 0.418. The molecule has 0 bridgehead atoms. The minimum atomic E-state index is -3.95. The summed E-state index contributed by atoms with van der Waals surface area (Å²) in [4.78, 5) is 15.4. The van der Waals surface area contributed by atoms with Gasteiger partial charge in [-0.25, -0.2) is 8.42 Å². The van der Waals surface area contributed by atoms with Gasteiger partial charge in [-0.1, -0.05) is 64.0 Å². The number of aryl methyl sites for hydroxylation is 1. The van der Waals surface area contributed by atoms with Gasteiger partial charge in [0.25, 0.3) is 10.0 Å². The SMILES string of the molecule is Cc1ccc(S(=O)(=O)N(CC(=O)NCc2ccc(CN3CCOCC3)cc2)c2cccc(Br)c2)cc1. The van der Waals surface area contributed by atoms with Crippen molar-refractivity contribution >= 4 is 37.5 Å². The van der Waals surface area contributed by atoms with Crippen LogP contribution in [0.15, 0.2) is 82.2 Å². The highest BCUT2D eigenvalue weighted by atomic mass is 79.9. The summed E-state index contributed by atoms with van der Waals surface area (Å²) >= 11 is 3.40. The van der Waals surface area contributed by atoms with Crippen LogP contribution in [0.2, 0.25) is 0 Å². The molecule has 1 heterocycles. The number of hydrogen-bond donors (Lipinski definition) is 1. The summed E-state index contributed by atoms with van der Waals surface area (Å²) in [7, 11) is -3.95. The molecule has 0 unspecified atom stereocenters. The van der Waals surface area contributed by atoms with Crippen molar-refractivity contribution in [3.63, 3.8) is 0 Å². The Labute approximate surface area is 221 Å². The average molecular weight is 573 g/mol. The van der Waals surface area contributed by atoms with Crippen molar-refractivity contribution in [3.05, 3.63) is 94.0 Å². The van der Waals surface area contributed by atoms with Gasteiger partial charge in [0, 0.05) is 30.7 Å². The van der Waals surface area contributed by atoms with Crippen LogP contribution in [0.3, 0.4) is 0 Å². The van der Waals surface area contributed by atoms with Crippen LogP contribution in [0.5, 0.6) is 0 Å². The number of hydrogen-bond acceptors (Lipinski definition) is 5. The maximum absolute atomic E-state index is 13.5. The first kappa shape index (κ1) is 26.3. The fourth-order valence-electron chi connectivity index (χ4n) is 3.95. The van der Waals surface area contributed by atoms with Crippen LogP contribution in [0, 0.1) is 6.92 Å². The highest BCUT2D eigenvalue weighted by Crippen LogP contribution is 2.26. The summed E-state index contributed by atoms with van der Waals surface area (Å²) in [6.07, 6.45) is 0. The third-order valence-electron chi connectivity index (χ3n) is 6.01. The topological polar surface area (TPSA) is 79.0 Å². The lowest BCUT2D eigenvalue weighted by Crippen LogP contribution is -2.40. The Kier molecular flexibility index (Phi) is 8.79. The molecule has 190 valence electrons. The third kappa shape index (κ3) is 6.94. The number of anilines is 1. The minimum Gasteiger partial charge on any atom is -0.379 e. The number of morpholine rings is 1. The van der Waals surface area contributed by atoms with Gasteiger partial charge in [0.05, 0.1) is 23.8 Å². The number of nitrogens with zero attached hydrogens (tertiary/aromatic N) is 2. The molecule has 0 atom stereocenters. The number of amides is 1. The standard InChI is InChI=1S/C27H30BrN3O4S/c1-21-5-11-26(12-6-21)36(33,34)31(25-4-2-3-24(28)17-25)20-27(32)29-18-22-7-9-23(10-8-22)19-30-13-15-35-16-14-30/h2-12,17H,13-16,18-20H2,1H3,(H,29,32). The fourth-order valence-corrected chi connectivity index (χ4v) is 5.75. The zero-order chi connectivity index (χ0) is 25.5. The second-order valence-corrected chi connectivity index (χ2v) is 11.6. The molecule has 1 aliphatic heterocycles. The molecule has 0 saturated carbocycles. The lowest BCUT2D eigenvalue weighted by molar-refractivity contribution is -0.119. The molecule has 36 heavy (non-hydrogen) atoms. The summed E-state index contributed by atoms with van der Waals surface area (Å²) in [6.45, 7) is 6.13. The smallest absolute Gasteiger partial charge is 0.264 e. The van der Waals surface area contributed by atoms with Gasteiger partial charge >= 0.3 is 0 Å². The molecule has 3 aromatic rings. The van der Waals surface area contributed by atoms with E-state index in [2.05, 4.69) is 38.3 Å². The molecule has 0 aromatic heterocycles. The Morgan fingerprint density at radius 2 is 1.67 bits per heavy atom. The van der Waals surface area contributed by atoms with Crippen molar-refractivity contribution in [1.82, 2.24) is 10.2 Å². The van der Waals surface area contributed by atoms with E-state index < -0.39 is 10.0 Å². The van der Waals surface area contributed by atoms with Gasteiger partial charge in [0.1, 0.15) is 6.54 Å². The Morgan fingerprint density at radius 1 is 1.00 bits per heavy atom. The second kappa shape index (κ2) is 12.0. The van der Waals surface area contributed by atoms with Crippen molar-refractivity contribution in [2.75, 3.05) is 37.2 Å². The van der Waals surface area contributed by atoms with E-state index in [9.17, 15) is 13.2 Å². The summed E-state index contributed by atoms with van der Waals surface area (Å²) in [5, 5.41) is 2.86. The number of ether oxygens (including phenoxy) is 1. The number of nitrogens with one attached hydrogen (secondary N) is 1. The van der Waals surface area contributed by atoms with Crippen LogP contribution >= 0.6 is 15.9 Å². The van der Waals surface area contributed by atoms with Crippen LogP contribution in [0.1, 0.15) is 16.7 Å². The monoisotopic (exact) mass is 571 g/mol. The molecule has 1 amide bonds. The molecule has 4 rings (SSSR count). The number of sulfonamides is 1. The van der Waals surface area contributed by atoms with Crippen molar-refractivity contribution in [2.24, 2.45) is 0 Å². The van der Waals surface area contributed by atoms with Crippen molar-refractivity contribution in [1.29, 1.82) is 0 Å². The minimum absolute atomic E-state index is 0.136. The van der Waals surface area contributed by atoms with E-state index in [1.807, 2.05) is 25.1 Å². The molecule has 0 spiro atoms. The van der Waals surface area contributed by atoms with Gasteiger partial charge < -0.3 is 10.1 Å². The molecule has 1 fully saturated rings. The highest BCUT2D eigenvalue weighted by molar-refractivity contribution is 9.10. The van der Waals surface area contributed by atoms with E-state index in [0.29, 0.717) is 12.2 Å². The molecule has 1 saturated heterocycles. The maximum Gasteiger partial charge on any atom is 0.264 e. The van der Waals surface area contributed by atoms with Crippen LogP contribution < -0.4 is 9.62 Å².